The second-order valence-corrected chi connectivity index (χ2v) is 31.0. The highest BCUT2D eigenvalue weighted by Crippen LogP contribution is 2.85. The van der Waals surface area contributed by atoms with Crippen molar-refractivity contribution in [2.75, 3.05) is 0 Å². The van der Waals surface area contributed by atoms with Crippen LogP contribution in [0.25, 0.3) is 0 Å². The lowest BCUT2D eigenvalue weighted by atomic mass is 9.25. The van der Waals surface area contributed by atoms with Crippen molar-refractivity contribution in [2.45, 2.75) is 116 Å². The highest BCUT2D eigenvalue weighted by molar-refractivity contribution is 5.52. The highest BCUT2D eigenvalue weighted by Gasteiger charge is 2.77. The van der Waals surface area contributed by atoms with Crippen LogP contribution in [0.1, 0.15) is 182 Å². The Morgan fingerprint density at radius 1 is 0.181 bits per heavy atom. The first-order valence-electron chi connectivity index (χ1n) is 34.8. The van der Waals surface area contributed by atoms with Gasteiger partial charge in [0.05, 0.1) is 0 Å². The van der Waals surface area contributed by atoms with Crippen LogP contribution in [-0.4, -0.2) is 0 Å². The lowest BCUT2D eigenvalue weighted by Crippen LogP contribution is -2.70. The quantitative estimate of drug-likeness (QED) is 0.151. The zero-order valence-corrected chi connectivity index (χ0v) is 53.8. The van der Waals surface area contributed by atoms with E-state index in [1.165, 1.54) is 103 Å². The van der Waals surface area contributed by atoms with E-state index in [4.69, 9.17) is 0 Å². The minimum Gasteiger partial charge on any atom is -0.0910 e. The van der Waals surface area contributed by atoms with Crippen molar-refractivity contribution in [3.8, 4) is 94.7 Å². The molecule has 0 aliphatic heterocycles. The third kappa shape index (κ3) is 11.2. The molecule has 0 N–H and O–H groups in total. The van der Waals surface area contributed by atoms with Gasteiger partial charge < -0.3 is 0 Å². The molecule has 0 heterocycles. The Bertz CT molecular complexity index is 4200. The molecule has 0 aromatic heterocycles. The first-order chi connectivity index (χ1) is 46.0. The summed E-state index contributed by atoms with van der Waals surface area (Å²) in [5, 5.41) is 0. The zero-order chi connectivity index (χ0) is 62.7. The topological polar surface area (TPSA) is 0 Å². The Labute approximate surface area is 559 Å². The Morgan fingerprint density at radius 3 is 0.617 bits per heavy atom. The molecule has 0 nitrogen and oxygen atoms in total. The molecular formula is C94H76. The summed E-state index contributed by atoms with van der Waals surface area (Å²) < 4.78 is 0. The van der Waals surface area contributed by atoms with Crippen molar-refractivity contribution < 1.29 is 0 Å². The first-order valence-corrected chi connectivity index (χ1v) is 34.8. The molecule has 12 aliphatic rings. The molecular weight excluding hydrogens is 1130 g/mol. The largest absolute Gasteiger partial charge is 0.0910 e. The van der Waals surface area contributed by atoms with Gasteiger partial charge in [-0.25, -0.2) is 0 Å². The Kier molecular flexibility index (Phi) is 14.3. The molecule has 0 spiro atoms. The van der Waals surface area contributed by atoms with E-state index in [0.717, 1.165) is 91.4 Å². The summed E-state index contributed by atoms with van der Waals surface area (Å²) in [5.41, 5.74) is 13.1. The molecule has 94 heavy (non-hydrogen) atoms. The van der Waals surface area contributed by atoms with Crippen molar-refractivity contribution in [1.82, 2.24) is 0 Å². The van der Waals surface area contributed by atoms with Crippen molar-refractivity contribution in [1.29, 1.82) is 0 Å². The van der Waals surface area contributed by atoms with Crippen LogP contribution in [0.5, 0.6) is 0 Å². The molecule has 4 unspecified atom stereocenters. The predicted octanol–water partition coefficient (Wildman–Crippen LogP) is 19.3. The van der Waals surface area contributed by atoms with Gasteiger partial charge in [-0.05, 0) is 306 Å². The first kappa shape index (κ1) is 58.1. The van der Waals surface area contributed by atoms with Crippen molar-refractivity contribution in [3.63, 3.8) is 0 Å². The van der Waals surface area contributed by atoms with Crippen LogP contribution in [0.4, 0.5) is 0 Å². The van der Waals surface area contributed by atoms with Gasteiger partial charge in [-0.3, -0.25) is 0 Å². The predicted molar refractivity (Wildman–Crippen MR) is 379 cm³/mol. The second-order valence-electron chi connectivity index (χ2n) is 31.0. The van der Waals surface area contributed by atoms with Crippen LogP contribution in [-0.2, 0) is 0 Å². The molecule has 12 saturated carbocycles. The average molecular weight is 1210 g/mol. The molecule has 8 aromatic rings. The van der Waals surface area contributed by atoms with E-state index >= 15 is 0 Å². The third-order valence-corrected chi connectivity index (χ3v) is 24.4. The second kappa shape index (κ2) is 23.1. The van der Waals surface area contributed by atoms with Gasteiger partial charge >= 0.3 is 0 Å². The fourth-order valence-corrected chi connectivity index (χ4v) is 22.2. The van der Waals surface area contributed by atoms with E-state index in [1.807, 2.05) is 24.3 Å². The maximum absolute atomic E-state index is 4.24. The molecule has 12 bridgehead atoms. The van der Waals surface area contributed by atoms with Gasteiger partial charge in [0.1, 0.15) is 0 Å². The van der Waals surface area contributed by atoms with Gasteiger partial charge in [-0.15, -0.1) is 0 Å². The summed E-state index contributed by atoms with van der Waals surface area (Å²) in [4.78, 5) is 0. The van der Waals surface area contributed by atoms with E-state index in [0.29, 0.717) is 11.8 Å². The monoisotopic (exact) mass is 1200 g/mol. The number of hydrogen-bond acceptors (Lipinski definition) is 0. The molecule has 452 valence electrons. The van der Waals surface area contributed by atoms with Crippen LogP contribution in [0.2, 0.25) is 0 Å². The smallest absolute Gasteiger partial charge is 0.0341 e. The SMILES string of the molecule is C(#Cc1ccc(C#CC23CC4CC(C#Cc5ccc(C#Cc6ccccc6)cc5)(C2)CC(C25CC6CC(C2)CC(C27CC8CC(C#Cc9ccc(C#Cc%10ccccc%10)cc9)(CC(C#Cc9ccc(C#Cc%10ccccc%10)cc9)(C8)C2)C7)(C6)C5)(C4)C3)cc1)c1ccccc1. The molecule has 0 amide bonds. The van der Waals surface area contributed by atoms with E-state index < -0.39 is 0 Å². The van der Waals surface area contributed by atoms with E-state index in [9.17, 15) is 0 Å². The molecule has 4 atom stereocenters. The minimum atomic E-state index is -0.0907. The van der Waals surface area contributed by atoms with Crippen molar-refractivity contribution in [3.05, 3.63) is 285 Å². The fraction of sp³-hybridized carbons (Fsp3) is 0.319. The van der Waals surface area contributed by atoms with E-state index in [1.54, 1.807) is 0 Å². The number of hydrogen-bond donors (Lipinski definition) is 0. The van der Waals surface area contributed by atoms with Crippen LogP contribution in [0, 0.1) is 162 Å². The van der Waals surface area contributed by atoms with Gasteiger partial charge in [0.2, 0.25) is 0 Å². The fourth-order valence-electron chi connectivity index (χ4n) is 22.2. The summed E-state index contributed by atoms with van der Waals surface area (Å²) >= 11 is 0. The van der Waals surface area contributed by atoms with Gasteiger partial charge in [-0.1, -0.05) is 168 Å². The maximum atomic E-state index is 4.24. The van der Waals surface area contributed by atoms with Crippen LogP contribution >= 0.6 is 0 Å². The van der Waals surface area contributed by atoms with E-state index in [-0.39, 0.29) is 43.3 Å². The van der Waals surface area contributed by atoms with Gasteiger partial charge in [0.15, 0.2) is 0 Å². The molecule has 8 aromatic carbocycles. The molecule has 0 heteroatoms. The molecule has 12 fully saturated rings. The normalized spacial score (nSPS) is 31.6. The Balaban J connectivity index is 0.729. The van der Waals surface area contributed by atoms with Crippen LogP contribution < -0.4 is 0 Å². The minimum absolute atomic E-state index is 0.0907. The lowest BCUT2D eigenvalue weighted by molar-refractivity contribution is -0.284. The molecule has 12 aliphatic carbocycles. The Hall–Kier alpha value is -9.76. The lowest BCUT2D eigenvalue weighted by Gasteiger charge is -2.79. The summed E-state index contributed by atoms with van der Waals surface area (Å²) in [6.45, 7) is 0. The number of rotatable bonds is 2. The summed E-state index contributed by atoms with van der Waals surface area (Å²) in [6.07, 6.45) is 22.7. The summed E-state index contributed by atoms with van der Waals surface area (Å²) in [6, 6.07) is 76.2. The van der Waals surface area contributed by atoms with E-state index in [2.05, 4.69) is 289 Å². The molecule has 0 radical (unpaired) electrons. The molecule has 20 rings (SSSR count). The van der Waals surface area contributed by atoms with Crippen LogP contribution in [0.3, 0.4) is 0 Å². The van der Waals surface area contributed by atoms with Gasteiger partial charge in [0.25, 0.3) is 0 Å². The van der Waals surface area contributed by atoms with Crippen molar-refractivity contribution >= 4 is 0 Å². The van der Waals surface area contributed by atoms with Crippen LogP contribution in [0.15, 0.2) is 218 Å². The number of benzene rings is 8. The Morgan fingerprint density at radius 2 is 0.383 bits per heavy atom. The maximum Gasteiger partial charge on any atom is 0.0341 e. The zero-order valence-electron chi connectivity index (χ0n) is 53.8. The molecule has 0 saturated heterocycles. The third-order valence-electron chi connectivity index (χ3n) is 24.4. The average Bonchev–Trinajstić information content (AvgIpc) is 0.658. The highest BCUT2D eigenvalue weighted by atomic mass is 14.8. The van der Waals surface area contributed by atoms with Crippen molar-refractivity contribution in [2.24, 2.45) is 67.0 Å². The van der Waals surface area contributed by atoms with Gasteiger partial charge in [0, 0.05) is 88.4 Å². The summed E-state index contributed by atoms with van der Waals surface area (Å²) in [7, 11) is 0. The summed E-state index contributed by atoms with van der Waals surface area (Å²) in [5.74, 6) is 62.4. The van der Waals surface area contributed by atoms with Gasteiger partial charge in [-0.2, -0.15) is 0 Å². The standard InChI is InChI=1S/C94H76/c1-5-13-71(14-6-1)21-25-75-29-37-79(38-30-75)45-49-87-54-85-55-88(64-87,50-46-80-39-31-76(32-40-80)26-22-72-15-7-2-8-16-72)67-93(62-85,66-87)91-58-83-53-84(59-91)61-92(60-83,70-91)94-63-86-56-89(68-94,51-47-81-41-33-77(34-42-81)27-23-73-17-9-3-10-18-73)65-90(57-86,69-94)52-48-82-43-35-78(36-44-82)28-24-74-19-11-4-12-20-74/h1-20,29-44,83-86H,53-70H2.